The molecule has 2 aromatic rings. The second-order valence-corrected chi connectivity index (χ2v) is 12.5. The van der Waals surface area contributed by atoms with Crippen LogP contribution in [0, 0.1) is 5.82 Å². The number of nitrogens with zero attached hydrogens (tertiary/aromatic N) is 4. The van der Waals surface area contributed by atoms with Crippen LogP contribution >= 0.6 is 0 Å². The number of pyridine rings is 2. The van der Waals surface area contributed by atoms with Crippen molar-refractivity contribution in [3.05, 3.63) is 47.7 Å². The number of nitrogens with two attached hydrogens (primary N) is 1. The maximum Gasteiger partial charge on any atom is 0.340 e. The van der Waals surface area contributed by atoms with Crippen LogP contribution < -0.4 is 15.8 Å². The van der Waals surface area contributed by atoms with Gasteiger partial charge in [-0.15, -0.1) is 0 Å². The summed E-state index contributed by atoms with van der Waals surface area (Å²) in [5, 5.41) is 1.79. The Kier molecular flexibility index (Phi) is 6.87. The van der Waals surface area contributed by atoms with Crippen LogP contribution in [0.3, 0.4) is 0 Å². The Labute approximate surface area is 215 Å². The standard InChI is InChI=1S/C23H25F5N6O3S/c1-21(2)20(29)34-22(3,15-8-9-31-38(15,21)36)17-13(24)5-7-16(32-17)33-18(35)14-6-4-12(10-30-14)37-11-23(27,28)19(25)26/h4-7,10,15,19H,8-9,11H2,1-3H3,(H2,29,34)(H,32,33,35)/t15-,22+,38-/m1/s1. The van der Waals surface area contributed by atoms with E-state index in [1.54, 1.807) is 20.8 Å². The minimum absolute atomic E-state index is 0.0559. The lowest BCUT2D eigenvalue weighted by Gasteiger charge is -2.44. The van der Waals surface area contributed by atoms with E-state index in [9.17, 15) is 26.6 Å². The second-order valence-electron chi connectivity index (χ2n) is 9.56. The quantitative estimate of drug-likeness (QED) is 0.496. The van der Waals surface area contributed by atoms with E-state index < -0.39 is 55.9 Å². The zero-order chi connectivity index (χ0) is 28.1. The lowest BCUT2D eigenvalue weighted by Crippen LogP contribution is -2.58. The summed E-state index contributed by atoms with van der Waals surface area (Å²) >= 11 is 0. The maximum atomic E-state index is 15.1. The molecule has 38 heavy (non-hydrogen) atoms. The van der Waals surface area contributed by atoms with Crippen molar-refractivity contribution in [1.29, 1.82) is 0 Å². The van der Waals surface area contributed by atoms with E-state index in [-0.39, 0.29) is 28.8 Å². The van der Waals surface area contributed by atoms with Crippen molar-refractivity contribution >= 4 is 27.3 Å². The van der Waals surface area contributed by atoms with Crippen molar-refractivity contribution in [2.45, 2.75) is 55.1 Å². The molecule has 15 heteroatoms. The molecule has 0 spiro atoms. The first kappa shape index (κ1) is 27.7. The molecule has 4 rings (SSSR count). The van der Waals surface area contributed by atoms with Crippen LogP contribution in [0.4, 0.5) is 27.8 Å². The van der Waals surface area contributed by atoms with Crippen molar-refractivity contribution in [3.63, 3.8) is 0 Å². The van der Waals surface area contributed by atoms with E-state index in [0.29, 0.717) is 13.0 Å². The number of rotatable bonds is 7. The molecule has 3 N–H and O–H groups in total. The number of hydrogen-bond acceptors (Lipinski definition) is 8. The zero-order valence-electron chi connectivity index (χ0n) is 20.6. The van der Waals surface area contributed by atoms with Gasteiger partial charge < -0.3 is 15.8 Å². The summed E-state index contributed by atoms with van der Waals surface area (Å²) in [6.07, 6.45) is -2.59. The Balaban J connectivity index is 1.57. The number of alkyl halides is 4. The van der Waals surface area contributed by atoms with Gasteiger partial charge in [-0.1, -0.05) is 0 Å². The van der Waals surface area contributed by atoms with E-state index in [1.165, 1.54) is 6.07 Å². The van der Waals surface area contributed by atoms with E-state index >= 15 is 4.39 Å². The number of ether oxygens (including phenoxy) is 1. The molecule has 0 saturated carbocycles. The summed E-state index contributed by atoms with van der Waals surface area (Å²) in [4.78, 5) is 25.2. The molecule has 2 aliphatic rings. The molecule has 2 aromatic heterocycles. The molecule has 206 valence electrons. The van der Waals surface area contributed by atoms with Crippen LogP contribution in [0.25, 0.3) is 0 Å². The summed E-state index contributed by atoms with van der Waals surface area (Å²) < 4.78 is 87.5. The SMILES string of the molecule is CC1(C)C(N)=N[C@](C)(c2nc(NC(=O)c3ccc(OCC(F)(F)C(F)F)cn3)ccc2F)[C@H]2CCN=[S@@]21=O. The normalized spacial score (nSPS) is 26.3. The highest BCUT2D eigenvalue weighted by Gasteiger charge is 2.57. The van der Waals surface area contributed by atoms with Gasteiger partial charge in [0.15, 0.2) is 6.61 Å². The molecule has 1 amide bonds. The fraction of sp³-hybridized carbons (Fsp3) is 0.478. The summed E-state index contributed by atoms with van der Waals surface area (Å²) in [6, 6.07) is 4.52. The van der Waals surface area contributed by atoms with Gasteiger partial charge in [-0.05, 0) is 51.5 Å². The van der Waals surface area contributed by atoms with E-state index in [0.717, 1.165) is 24.4 Å². The molecular formula is C23H25F5N6O3S. The van der Waals surface area contributed by atoms with Crippen molar-refractivity contribution in [3.8, 4) is 5.75 Å². The molecule has 0 saturated heterocycles. The molecular weight excluding hydrogens is 535 g/mol. The predicted octanol–water partition coefficient (Wildman–Crippen LogP) is 3.75. The Morgan fingerprint density at radius 2 is 1.97 bits per heavy atom. The molecule has 0 aromatic carbocycles. The molecule has 0 unspecified atom stereocenters. The van der Waals surface area contributed by atoms with Crippen LogP contribution in [0.5, 0.6) is 5.75 Å². The first-order valence-electron chi connectivity index (χ1n) is 11.4. The van der Waals surface area contributed by atoms with Gasteiger partial charge in [0, 0.05) is 6.54 Å². The van der Waals surface area contributed by atoms with Gasteiger partial charge in [0.1, 0.15) is 44.9 Å². The molecule has 0 fully saturated rings. The van der Waals surface area contributed by atoms with Crippen molar-refractivity contribution < 1.29 is 35.7 Å². The number of aromatic nitrogens is 2. The first-order chi connectivity index (χ1) is 17.6. The number of fused-ring (bicyclic) bond motifs is 1. The highest BCUT2D eigenvalue weighted by molar-refractivity contribution is 7.96. The average molecular weight is 561 g/mol. The summed E-state index contributed by atoms with van der Waals surface area (Å²) in [7, 11) is -2.93. The zero-order valence-corrected chi connectivity index (χ0v) is 21.4. The van der Waals surface area contributed by atoms with Gasteiger partial charge in [0.05, 0.1) is 21.2 Å². The number of halogens is 5. The number of amidine groups is 1. The van der Waals surface area contributed by atoms with Gasteiger partial charge in [-0.25, -0.2) is 31.7 Å². The molecule has 4 heterocycles. The van der Waals surface area contributed by atoms with Crippen molar-refractivity contribution in [2.24, 2.45) is 15.1 Å². The number of aliphatic imine (C=N–C) groups is 1. The third-order valence-corrected chi connectivity index (χ3v) is 10.4. The number of amides is 1. The number of nitrogens with one attached hydrogen (secondary N) is 1. The molecule has 0 bridgehead atoms. The number of carbonyl (C=O) groups excluding carboxylic acids is 1. The second kappa shape index (κ2) is 9.43. The third-order valence-electron chi connectivity index (χ3n) is 6.67. The van der Waals surface area contributed by atoms with Gasteiger partial charge in [-0.3, -0.25) is 9.79 Å². The molecule has 0 aliphatic carbocycles. The Hall–Kier alpha value is -3.36. The van der Waals surface area contributed by atoms with Gasteiger partial charge in [0.25, 0.3) is 5.91 Å². The summed E-state index contributed by atoms with van der Waals surface area (Å²) in [5.41, 5.74) is 4.41. The van der Waals surface area contributed by atoms with Crippen LogP contribution in [0.15, 0.2) is 39.8 Å². The van der Waals surface area contributed by atoms with Crippen molar-refractivity contribution in [1.82, 2.24) is 9.97 Å². The summed E-state index contributed by atoms with van der Waals surface area (Å²) in [6.45, 7) is 3.68. The smallest absolute Gasteiger partial charge is 0.340 e. The Bertz CT molecular complexity index is 1410. The minimum Gasteiger partial charge on any atom is -0.485 e. The number of anilines is 1. The van der Waals surface area contributed by atoms with E-state index in [2.05, 4.69) is 29.4 Å². The van der Waals surface area contributed by atoms with E-state index in [1.807, 2.05) is 0 Å². The first-order valence-corrected chi connectivity index (χ1v) is 13.0. The van der Waals surface area contributed by atoms with Crippen molar-refractivity contribution in [2.75, 3.05) is 18.5 Å². The Morgan fingerprint density at radius 3 is 2.61 bits per heavy atom. The molecule has 9 nitrogen and oxygen atoms in total. The average Bonchev–Trinajstić information content (AvgIpc) is 3.28. The van der Waals surface area contributed by atoms with Gasteiger partial charge in [0.2, 0.25) is 0 Å². The Morgan fingerprint density at radius 1 is 1.26 bits per heavy atom. The molecule has 3 atom stereocenters. The van der Waals surface area contributed by atoms with E-state index in [4.69, 9.17) is 5.73 Å². The topological polar surface area (TPSA) is 132 Å². The largest absolute Gasteiger partial charge is 0.485 e. The monoisotopic (exact) mass is 560 g/mol. The minimum atomic E-state index is -4.35. The van der Waals surface area contributed by atoms with Crippen LogP contribution in [0.1, 0.15) is 43.4 Å². The molecule has 0 radical (unpaired) electrons. The number of hydrogen-bond donors (Lipinski definition) is 2. The highest BCUT2D eigenvalue weighted by atomic mass is 32.2. The molecule has 2 aliphatic heterocycles. The highest BCUT2D eigenvalue weighted by Crippen LogP contribution is 2.47. The summed E-state index contributed by atoms with van der Waals surface area (Å²) in [5.74, 6) is -6.13. The van der Waals surface area contributed by atoms with Crippen LogP contribution in [-0.4, -0.2) is 61.4 Å². The predicted molar refractivity (Wildman–Crippen MR) is 130 cm³/mol. The lowest BCUT2D eigenvalue weighted by atomic mass is 9.89. The van der Waals surface area contributed by atoms with Crippen LogP contribution in [0.2, 0.25) is 0 Å². The van der Waals surface area contributed by atoms with Gasteiger partial charge >= 0.3 is 12.3 Å². The fourth-order valence-corrected chi connectivity index (χ4v) is 7.51. The lowest BCUT2D eigenvalue weighted by molar-refractivity contribution is -0.148. The number of carbonyl (C=O) groups is 1. The third kappa shape index (κ3) is 4.56. The van der Waals surface area contributed by atoms with Gasteiger partial charge in [-0.2, -0.15) is 8.78 Å². The fourth-order valence-electron chi connectivity index (χ4n) is 4.37. The maximum absolute atomic E-state index is 15.1. The van der Waals surface area contributed by atoms with Crippen LogP contribution in [-0.2, 0) is 15.3 Å².